The summed E-state index contributed by atoms with van der Waals surface area (Å²) in [7, 11) is 2.95. The summed E-state index contributed by atoms with van der Waals surface area (Å²) in [5, 5.41) is 18.3. The monoisotopic (exact) mass is 570 g/mol. The Balaban J connectivity index is 1.94. The highest BCUT2D eigenvalue weighted by Gasteiger charge is 2.26. The van der Waals surface area contributed by atoms with Crippen molar-refractivity contribution in [3.05, 3.63) is 42.0 Å². The van der Waals surface area contributed by atoms with E-state index in [2.05, 4.69) is 4.98 Å². The lowest BCUT2D eigenvalue weighted by atomic mass is 10.2. The molecule has 0 radical (unpaired) electrons. The van der Waals surface area contributed by atoms with Crippen LogP contribution in [0.25, 0.3) is 10.2 Å². The highest BCUT2D eigenvalue weighted by molar-refractivity contribution is 7.89. The summed E-state index contributed by atoms with van der Waals surface area (Å²) in [6.45, 7) is 0.892. The van der Waals surface area contributed by atoms with Crippen molar-refractivity contribution in [1.82, 2.24) is 14.2 Å². The average Bonchev–Trinajstić information content (AvgIpc) is 3.34. The van der Waals surface area contributed by atoms with Gasteiger partial charge >= 0.3 is 0 Å². The first-order valence-electron chi connectivity index (χ1n) is 12.0. The number of anilines is 1. The van der Waals surface area contributed by atoms with Crippen molar-refractivity contribution in [3.8, 4) is 23.6 Å². The van der Waals surface area contributed by atoms with E-state index in [1.54, 1.807) is 25.2 Å². The van der Waals surface area contributed by atoms with Gasteiger partial charge in [0.05, 0.1) is 41.5 Å². The molecule has 3 aromatic rings. The summed E-state index contributed by atoms with van der Waals surface area (Å²) >= 11 is 1.34. The minimum atomic E-state index is -3.95. The number of hydrogen-bond acceptors (Lipinski definition) is 10. The van der Waals surface area contributed by atoms with Crippen LogP contribution in [0.3, 0.4) is 0 Å². The Bertz CT molecular complexity index is 1430. The molecule has 3 rings (SSSR count). The molecule has 0 bridgehead atoms. The summed E-state index contributed by atoms with van der Waals surface area (Å²) in [6.07, 6.45) is 0.00393. The molecule has 0 aliphatic rings. The summed E-state index contributed by atoms with van der Waals surface area (Å²) in [6, 6.07) is 13.1. The van der Waals surface area contributed by atoms with Gasteiger partial charge in [-0.3, -0.25) is 9.69 Å². The number of thiazole rings is 1. The van der Waals surface area contributed by atoms with E-state index in [0.29, 0.717) is 40.8 Å². The molecule has 0 saturated carbocycles. The van der Waals surface area contributed by atoms with E-state index in [-0.39, 0.29) is 36.7 Å². The van der Waals surface area contributed by atoms with Crippen molar-refractivity contribution in [2.45, 2.75) is 17.7 Å². The first-order chi connectivity index (χ1) is 18.7. The molecular formula is C26H30N6O5S2. The maximum atomic E-state index is 13.7. The number of rotatable bonds is 13. The van der Waals surface area contributed by atoms with Gasteiger partial charge in [-0.15, -0.1) is 0 Å². The Morgan fingerprint density at radius 1 is 0.949 bits per heavy atom. The van der Waals surface area contributed by atoms with Crippen molar-refractivity contribution < 1.29 is 22.7 Å². The van der Waals surface area contributed by atoms with Gasteiger partial charge in [-0.2, -0.15) is 14.8 Å². The fourth-order valence-corrected chi connectivity index (χ4v) is 6.16. The summed E-state index contributed by atoms with van der Waals surface area (Å²) in [4.78, 5) is 21.8. The maximum Gasteiger partial charge on any atom is 0.260 e. The van der Waals surface area contributed by atoms with E-state index < -0.39 is 10.0 Å². The highest BCUT2D eigenvalue weighted by atomic mass is 32.2. The van der Waals surface area contributed by atoms with Gasteiger partial charge in [0.2, 0.25) is 10.0 Å². The molecule has 0 spiro atoms. The van der Waals surface area contributed by atoms with Crippen LogP contribution < -0.4 is 14.4 Å². The molecule has 0 atom stereocenters. The zero-order chi connectivity index (χ0) is 28.6. The van der Waals surface area contributed by atoms with Crippen LogP contribution >= 0.6 is 11.3 Å². The highest BCUT2D eigenvalue weighted by Crippen LogP contribution is 2.37. The van der Waals surface area contributed by atoms with Crippen LogP contribution in [-0.4, -0.2) is 83.0 Å². The van der Waals surface area contributed by atoms with Crippen molar-refractivity contribution >= 4 is 42.6 Å². The number of likely N-dealkylation sites (N-methyl/N-ethyl adjacent to an activating group) is 1. The fraction of sp³-hybridized carbons (Fsp3) is 0.385. The first kappa shape index (κ1) is 29.8. The van der Waals surface area contributed by atoms with E-state index in [1.807, 2.05) is 37.2 Å². The molecule has 1 heterocycles. The zero-order valence-electron chi connectivity index (χ0n) is 22.2. The van der Waals surface area contributed by atoms with Crippen LogP contribution in [-0.2, 0) is 10.0 Å². The SMILES string of the molecule is COc1cc2nc(N(CCN(C)C)C(=O)c3ccc(S(=O)(=O)N(CCC#N)CCC#N)cc3)sc2cc1OC. The Morgan fingerprint density at radius 2 is 1.54 bits per heavy atom. The van der Waals surface area contributed by atoms with Gasteiger partial charge < -0.3 is 14.4 Å². The molecule has 11 nitrogen and oxygen atoms in total. The second kappa shape index (κ2) is 13.4. The number of sulfonamides is 1. The third-order valence-electron chi connectivity index (χ3n) is 5.81. The fourth-order valence-electron chi connectivity index (χ4n) is 3.72. The Hall–Kier alpha value is -3.75. The predicted molar refractivity (Wildman–Crippen MR) is 149 cm³/mol. The molecule has 1 amide bonds. The third-order valence-corrected chi connectivity index (χ3v) is 8.77. The Kier molecular flexibility index (Phi) is 10.2. The summed E-state index contributed by atoms with van der Waals surface area (Å²) in [5.41, 5.74) is 0.953. The lowest BCUT2D eigenvalue weighted by Crippen LogP contribution is -2.36. The Morgan fingerprint density at radius 3 is 2.08 bits per heavy atom. The number of methoxy groups -OCH3 is 2. The van der Waals surface area contributed by atoms with Gasteiger partial charge in [0.1, 0.15) is 0 Å². The number of carbonyl (C=O) groups is 1. The number of ether oxygens (including phenoxy) is 2. The number of fused-ring (bicyclic) bond motifs is 1. The van der Waals surface area contributed by atoms with Gasteiger partial charge in [0.25, 0.3) is 5.91 Å². The third kappa shape index (κ3) is 7.02. The van der Waals surface area contributed by atoms with Crippen molar-refractivity contribution in [2.24, 2.45) is 0 Å². The number of nitriles is 2. The smallest absolute Gasteiger partial charge is 0.260 e. The van der Waals surface area contributed by atoms with Crippen LogP contribution in [0, 0.1) is 22.7 Å². The second-order valence-corrected chi connectivity index (χ2v) is 11.6. The molecule has 0 unspecified atom stereocenters. The maximum absolute atomic E-state index is 13.7. The molecule has 39 heavy (non-hydrogen) atoms. The number of carbonyl (C=O) groups excluding carboxylic acids is 1. The van der Waals surface area contributed by atoms with E-state index in [4.69, 9.17) is 20.0 Å². The molecular weight excluding hydrogens is 540 g/mol. The van der Waals surface area contributed by atoms with Crippen LogP contribution in [0.15, 0.2) is 41.3 Å². The lowest BCUT2D eigenvalue weighted by Gasteiger charge is -2.22. The molecule has 206 valence electrons. The minimum Gasteiger partial charge on any atom is -0.493 e. The van der Waals surface area contributed by atoms with E-state index in [0.717, 1.165) is 9.01 Å². The molecule has 2 aromatic carbocycles. The van der Waals surface area contributed by atoms with Crippen molar-refractivity contribution in [2.75, 3.05) is 59.4 Å². The molecule has 0 N–H and O–H groups in total. The van der Waals surface area contributed by atoms with Crippen LogP contribution in [0.1, 0.15) is 23.2 Å². The normalized spacial score (nSPS) is 11.4. The van der Waals surface area contributed by atoms with Gasteiger partial charge in [0.15, 0.2) is 16.6 Å². The van der Waals surface area contributed by atoms with Crippen LogP contribution in [0.5, 0.6) is 11.5 Å². The van der Waals surface area contributed by atoms with Gasteiger partial charge in [-0.1, -0.05) is 11.3 Å². The molecule has 13 heteroatoms. The molecule has 1 aromatic heterocycles. The average molecular weight is 571 g/mol. The number of benzene rings is 2. The van der Waals surface area contributed by atoms with E-state index in [1.165, 1.54) is 35.6 Å². The van der Waals surface area contributed by atoms with Crippen LogP contribution in [0.4, 0.5) is 5.13 Å². The minimum absolute atomic E-state index is 0.00196. The summed E-state index contributed by atoms with van der Waals surface area (Å²) < 4.78 is 39.0. The van der Waals surface area contributed by atoms with Gasteiger partial charge in [0, 0.05) is 56.7 Å². The summed E-state index contributed by atoms with van der Waals surface area (Å²) in [5.74, 6) is 0.759. The standard InChI is InChI=1S/C26H30N6O5S2/c1-30(2)15-16-32(26-29-21-17-22(36-3)23(37-4)18-24(21)38-26)25(33)19-7-9-20(10-8-19)39(34,35)31(13-5-11-27)14-6-12-28/h7-10,17-18H,5-6,13-16H2,1-4H3. The number of amides is 1. The second-order valence-electron chi connectivity index (χ2n) is 8.68. The van der Waals surface area contributed by atoms with E-state index in [9.17, 15) is 13.2 Å². The Labute approximate surface area is 232 Å². The topological polar surface area (TPSA) is 140 Å². The number of hydrogen-bond donors (Lipinski definition) is 0. The zero-order valence-corrected chi connectivity index (χ0v) is 23.9. The molecule has 0 aliphatic carbocycles. The van der Waals surface area contributed by atoms with Crippen LogP contribution in [0.2, 0.25) is 0 Å². The quantitative estimate of drug-likeness (QED) is 0.303. The lowest BCUT2D eigenvalue weighted by molar-refractivity contribution is 0.0985. The number of aromatic nitrogens is 1. The van der Waals surface area contributed by atoms with Gasteiger partial charge in [-0.05, 0) is 38.4 Å². The first-order valence-corrected chi connectivity index (χ1v) is 14.2. The van der Waals surface area contributed by atoms with E-state index >= 15 is 0 Å². The van der Waals surface area contributed by atoms with Crippen molar-refractivity contribution in [1.29, 1.82) is 10.5 Å². The molecule has 0 fully saturated rings. The largest absolute Gasteiger partial charge is 0.493 e. The molecule has 0 aliphatic heterocycles. The van der Waals surface area contributed by atoms with Crippen molar-refractivity contribution in [3.63, 3.8) is 0 Å². The van der Waals surface area contributed by atoms with Gasteiger partial charge in [-0.25, -0.2) is 13.4 Å². The molecule has 0 saturated heterocycles. The predicted octanol–water partition coefficient (Wildman–Crippen LogP) is 3.34. The number of nitrogens with zero attached hydrogens (tertiary/aromatic N) is 6.